The Morgan fingerprint density at radius 3 is 3.05 bits per heavy atom. The standard InChI is InChI=1S/C13H18Cl2N4OS/c14-9-5-11(15)13(19-7-9)18-2-1-17-12(20)6-10-8-21-4-3-16-10/h5,7,10,16H,1-4,6,8H2,(H,17,20)(H,18,19). The average molecular weight is 349 g/mol. The van der Waals surface area contributed by atoms with Crippen molar-refractivity contribution in [2.24, 2.45) is 0 Å². The molecule has 3 N–H and O–H groups in total. The molecule has 0 aromatic carbocycles. The van der Waals surface area contributed by atoms with E-state index in [1.165, 1.54) is 6.20 Å². The Kier molecular flexibility index (Phi) is 6.89. The number of carbonyl (C=O) groups excluding carboxylic acids is 1. The molecule has 0 spiro atoms. The van der Waals surface area contributed by atoms with Gasteiger partial charge in [-0.15, -0.1) is 0 Å². The topological polar surface area (TPSA) is 66.1 Å². The normalized spacial score (nSPS) is 18.3. The summed E-state index contributed by atoms with van der Waals surface area (Å²) < 4.78 is 0. The SMILES string of the molecule is O=C(CC1CSCCN1)NCCNc1ncc(Cl)cc1Cl. The van der Waals surface area contributed by atoms with E-state index in [1.54, 1.807) is 6.07 Å². The Morgan fingerprint density at radius 2 is 2.33 bits per heavy atom. The number of thioether (sulfide) groups is 1. The number of pyridine rings is 1. The van der Waals surface area contributed by atoms with Crippen LogP contribution >= 0.6 is 35.0 Å². The van der Waals surface area contributed by atoms with E-state index in [-0.39, 0.29) is 11.9 Å². The molecule has 1 aliphatic rings. The molecule has 21 heavy (non-hydrogen) atoms. The fourth-order valence-electron chi connectivity index (χ4n) is 1.97. The van der Waals surface area contributed by atoms with Crippen molar-refractivity contribution in [2.45, 2.75) is 12.5 Å². The highest BCUT2D eigenvalue weighted by molar-refractivity contribution is 7.99. The molecule has 2 heterocycles. The first kappa shape index (κ1) is 16.7. The summed E-state index contributed by atoms with van der Waals surface area (Å²) in [5, 5.41) is 10.3. The van der Waals surface area contributed by atoms with Gasteiger partial charge in [0.25, 0.3) is 0 Å². The number of nitrogens with zero attached hydrogens (tertiary/aromatic N) is 1. The number of carbonyl (C=O) groups is 1. The molecule has 116 valence electrons. The largest absolute Gasteiger partial charge is 0.367 e. The molecule has 1 amide bonds. The summed E-state index contributed by atoms with van der Waals surface area (Å²) in [5.41, 5.74) is 0. The second kappa shape index (κ2) is 8.68. The van der Waals surface area contributed by atoms with E-state index in [9.17, 15) is 4.79 Å². The van der Waals surface area contributed by atoms with Gasteiger partial charge in [0.05, 0.1) is 10.0 Å². The fraction of sp³-hybridized carbons (Fsp3) is 0.538. The van der Waals surface area contributed by atoms with Crippen LogP contribution in [-0.2, 0) is 4.79 Å². The quantitative estimate of drug-likeness (QED) is 0.686. The first-order chi connectivity index (χ1) is 10.1. The third-order valence-corrected chi connectivity index (χ3v) is 4.60. The van der Waals surface area contributed by atoms with Crippen LogP contribution in [0.25, 0.3) is 0 Å². The maximum atomic E-state index is 11.8. The number of anilines is 1. The molecular weight excluding hydrogens is 331 g/mol. The van der Waals surface area contributed by atoms with Crippen molar-refractivity contribution >= 4 is 46.7 Å². The highest BCUT2D eigenvalue weighted by atomic mass is 35.5. The lowest BCUT2D eigenvalue weighted by Crippen LogP contribution is -2.42. The second-order valence-corrected chi connectivity index (χ2v) is 6.68. The molecule has 1 atom stereocenters. The van der Waals surface area contributed by atoms with Crippen LogP contribution in [0.1, 0.15) is 6.42 Å². The summed E-state index contributed by atoms with van der Waals surface area (Å²) in [4.78, 5) is 15.9. The Morgan fingerprint density at radius 1 is 1.48 bits per heavy atom. The molecule has 0 aliphatic carbocycles. The van der Waals surface area contributed by atoms with E-state index in [0.717, 1.165) is 18.1 Å². The van der Waals surface area contributed by atoms with Crippen molar-refractivity contribution in [1.82, 2.24) is 15.6 Å². The molecule has 1 unspecified atom stereocenters. The molecule has 0 radical (unpaired) electrons. The molecule has 1 aliphatic heterocycles. The van der Waals surface area contributed by atoms with Crippen molar-refractivity contribution in [2.75, 3.05) is 36.5 Å². The molecule has 0 saturated carbocycles. The maximum absolute atomic E-state index is 11.8. The lowest BCUT2D eigenvalue weighted by atomic mass is 10.2. The first-order valence-electron chi connectivity index (χ1n) is 6.78. The number of hydrogen-bond donors (Lipinski definition) is 3. The zero-order valence-electron chi connectivity index (χ0n) is 11.5. The zero-order valence-corrected chi connectivity index (χ0v) is 13.8. The summed E-state index contributed by atoms with van der Waals surface area (Å²) in [5.74, 6) is 2.75. The number of rotatable bonds is 6. The third-order valence-electron chi connectivity index (χ3n) is 2.98. The molecule has 1 saturated heterocycles. The summed E-state index contributed by atoms with van der Waals surface area (Å²) in [7, 11) is 0. The van der Waals surface area contributed by atoms with Gasteiger partial charge in [0, 0.05) is 49.8 Å². The van der Waals surface area contributed by atoms with Crippen LogP contribution in [0.4, 0.5) is 5.82 Å². The molecular formula is C13H18Cl2N4OS. The van der Waals surface area contributed by atoms with Crippen LogP contribution in [0.2, 0.25) is 10.0 Å². The van der Waals surface area contributed by atoms with E-state index in [4.69, 9.17) is 23.2 Å². The number of hydrogen-bond acceptors (Lipinski definition) is 5. The molecule has 2 rings (SSSR count). The lowest BCUT2D eigenvalue weighted by molar-refractivity contribution is -0.121. The van der Waals surface area contributed by atoms with Crippen LogP contribution in [0.3, 0.4) is 0 Å². The van der Waals surface area contributed by atoms with Crippen molar-refractivity contribution in [3.63, 3.8) is 0 Å². The molecule has 1 fully saturated rings. The average Bonchev–Trinajstić information content (AvgIpc) is 2.46. The van der Waals surface area contributed by atoms with Crippen molar-refractivity contribution in [1.29, 1.82) is 0 Å². The smallest absolute Gasteiger partial charge is 0.221 e. The van der Waals surface area contributed by atoms with Gasteiger partial charge in [-0.3, -0.25) is 4.79 Å². The molecule has 8 heteroatoms. The van der Waals surface area contributed by atoms with Gasteiger partial charge in [-0.2, -0.15) is 11.8 Å². The predicted molar refractivity (Wildman–Crippen MR) is 89.5 cm³/mol. The summed E-state index contributed by atoms with van der Waals surface area (Å²) >= 11 is 13.7. The van der Waals surface area contributed by atoms with Gasteiger partial charge in [-0.1, -0.05) is 23.2 Å². The Balaban J connectivity index is 1.63. The first-order valence-corrected chi connectivity index (χ1v) is 8.69. The Bertz CT molecular complexity index is 483. The molecule has 0 bridgehead atoms. The summed E-state index contributed by atoms with van der Waals surface area (Å²) in [6.07, 6.45) is 2.05. The zero-order chi connectivity index (χ0) is 15.1. The fourth-order valence-corrected chi connectivity index (χ4v) is 3.37. The Hall–Kier alpha value is -0.690. The van der Waals surface area contributed by atoms with Crippen LogP contribution < -0.4 is 16.0 Å². The van der Waals surface area contributed by atoms with E-state index in [0.29, 0.717) is 35.4 Å². The highest BCUT2D eigenvalue weighted by Crippen LogP contribution is 2.21. The van der Waals surface area contributed by atoms with Crippen LogP contribution in [0, 0.1) is 0 Å². The van der Waals surface area contributed by atoms with E-state index in [1.807, 2.05) is 11.8 Å². The van der Waals surface area contributed by atoms with Gasteiger partial charge in [0.2, 0.25) is 5.91 Å². The van der Waals surface area contributed by atoms with Crippen molar-refractivity contribution in [3.8, 4) is 0 Å². The van der Waals surface area contributed by atoms with Gasteiger partial charge in [0.1, 0.15) is 5.82 Å². The van der Waals surface area contributed by atoms with E-state index >= 15 is 0 Å². The second-order valence-electron chi connectivity index (χ2n) is 4.69. The van der Waals surface area contributed by atoms with Crippen LogP contribution in [0.5, 0.6) is 0 Å². The minimum Gasteiger partial charge on any atom is -0.367 e. The number of aromatic nitrogens is 1. The van der Waals surface area contributed by atoms with Gasteiger partial charge >= 0.3 is 0 Å². The summed E-state index contributed by atoms with van der Waals surface area (Å²) in [6.45, 7) is 2.07. The minimum atomic E-state index is 0.0620. The van der Waals surface area contributed by atoms with Crippen LogP contribution in [0.15, 0.2) is 12.3 Å². The molecule has 5 nitrogen and oxygen atoms in total. The molecule has 1 aromatic heterocycles. The number of nitrogens with one attached hydrogen (secondary N) is 3. The predicted octanol–water partition coefficient (Wildman–Crippen LogP) is 2.01. The molecule has 1 aromatic rings. The lowest BCUT2D eigenvalue weighted by Gasteiger charge is -2.22. The maximum Gasteiger partial charge on any atom is 0.221 e. The van der Waals surface area contributed by atoms with Crippen LogP contribution in [-0.4, -0.2) is 48.1 Å². The van der Waals surface area contributed by atoms with Crippen molar-refractivity contribution in [3.05, 3.63) is 22.3 Å². The number of halogens is 2. The summed E-state index contributed by atoms with van der Waals surface area (Å²) in [6, 6.07) is 1.91. The number of amides is 1. The van der Waals surface area contributed by atoms with Gasteiger partial charge in [0.15, 0.2) is 0 Å². The van der Waals surface area contributed by atoms with Crippen molar-refractivity contribution < 1.29 is 4.79 Å². The highest BCUT2D eigenvalue weighted by Gasteiger charge is 2.16. The van der Waals surface area contributed by atoms with Gasteiger partial charge < -0.3 is 16.0 Å². The van der Waals surface area contributed by atoms with Gasteiger partial charge in [-0.25, -0.2) is 4.98 Å². The van der Waals surface area contributed by atoms with E-state index in [2.05, 4.69) is 20.9 Å². The van der Waals surface area contributed by atoms with Gasteiger partial charge in [-0.05, 0) is 6.07 Å². The van der Waals surface area contributed by atoms with E-state index < -0.39 is 0 Å². The Labute approximate surface area is 138 Å². The minimum absolute atomic E-state index is 0.0620. The third kappa shape index (κ3) is 5.90. The monoisotopic (exact) mass is 348 g/mol.